The minimum atomic E-state index is -1.49. The molecule has 88 valence electrons. The Labute approximate surface area is 97.4 Å². The number of benzene rings is 1. The van der Waals surface area contributed by atoms with Crippen molar-refractivity contribution in [3.8, 4) is 0 Å². The lowest BCUT2D eigenvalue weighted by Gasteiger charge is -2.13. The highest BCUT2D eigenvalue weighted by atomic mass is 16.4. The van der Waals surface area contributed by atoms with E-state index in [-0.39, 0.29) is 12.5 Å². The first kappa shape index (κ1) is 11.3. The third-order valence-corrected chi connectivity index (χ3v) is 2.89. The van der Waals surface area contributed by atoms with Crippen LogP contribution >= 0.6 is 0 Å². The first-order valence-electron chi connectivity index (χ1n) is 5.21. The fraction of sp³-hybridized carbons (Fsp3) is 0.250. The Morgan fingerprint density at radius 3 is 2.47 bits per heavy atom. The SMILES string of the molecule is O=C(O)C(=O)[C@H]1CNC(=O)[C@@H]1c1ccccc1. The number of carboxylic acids is 1. The molecule has 0 spiro atoms. The van der Waals surface area contributed by atoms with E-state index in [2.05, 4.69) is 5.32 Å². The second-order valence-corrected chi connectivity index (χ2v) is 3.91. The van der Waals surface area contributed by atoms with Gasteiger partial charge < -0.3 is 10.4 Å². The Bertz CT molecular complexity index is 469. The number of nitrogens with one attached hydrogen (secondary N) is 1. The topological polar surface area (TPSA) is 83.5 Å². The average Bonchev–Trinajstić information content (AvgIpc) is 2.71. The number of carboxylic acid groups (broad SMARTS) is 1. The van der Waals surface area contributed by atoms with Gasteiger partial charge in [0, 0.05) is 6.54 Å². The van der Waals surface area contributed by atoms with Crippen LogP contribution in [-0.4, -0.2) is 29.3 Å². The lowest BCUT2D eigenvalue weighted by atomic mass is 9.85. The van der Waals surface area contributed by atoms with E-state index in [0.717, 1.165) is 0 Å². The van der Waals surface area contributed by atoms with Crippen LogP contribution in [0.5, 0.6) is 0 Å². The molecule has 5 heteroatoms. The number of hydrogen-bond acceptors (Lipinski definition) is 3. The van der Waals surface area contributed by atoms with E-state index in [1.165, 1.54) is 0 Å². The van der Waals surface area contributed by atoms with Crippen LogP contribution in [-0.2, 0) is 14.4 Å². The number of carbonyl (C=O) groups excluding carboxylic acids is 2. The van der Waals surface area contributed by atoms with E-state index in [1.54, 1.807) is 30.3 Å². The fourth-order valence-electron chi connectivity index (χ4n) is 2.07. The third-order valence-electron chi connectivity index (χ3n) is 2.89. The maximum Gasteiger partial charge on any atom is 0.372 e. The number of hydrogen-bond donors (Lipinski definition) is 2. The van der Waals surface area contributed by atoms with Gasteiger partial charge in [0.05, 0.1) is 11.8 Å². The predicted octanol–water partition coefficient (Wildman–Crippen LogP) is 0.170. The molecule has 2 N–H and O–H groups in total. The Morgan fingerprint density at radius 1 is 1.24 bits per heavy atom. The summed E-state index contributed by atoms with van der Waals surface area (Å²) in [6, 6.07) is 8.74. The van der Waals surface area contributed by atoms with E-state index >= 15 is 0 Å². The molecule has 1 heterocycles. The Hall–Kier alpha value is -2.17. The van der Waals surface area contributed by atoms with Gasteiger partial charge in [-0.05, 0) is 5.56 Å². The first-order chi connectivity index (χ1) is 8.11. The molecule has 0 aliphatic carbocycles. The van der Waals surface area contributed by atoms with Crippen molar-refractivity contribution in [3.63, 3.8) is 0 Å². The zero-order chi connectivity index (χ0) is 12.4. The number of Topliss-reactive ketones (excluding diaryl/α,β-unsaturated/α-hetero) is 1. The van der Waals surface area contributed by atoms with Gasteiger partial charge in [-0.2, -0.15) is 0 Å². The molecule has 0 radical (unpaired) electrons. The van der Waals surface area contributed by atoms with Crippen LogP contribution in [0.15, 0.2) is 30.3 Å². The summed E-state index contributed by atoms with van der Waals surface area (Å²) in [4.78, 5) is 33.8. The van der Waals surface area contributed by atoms with Crippen molar-refractivity contribution >= 4 is 17.7 Å². The van der Waals surface area contributed by atoms with Gasteiger partial charge in [0.25, 0.3) is 0 Å². The lowest BCUT2D eigenvalue weighted by molar-refractivity contribution is -0.151. The third kappa shape index (κ3) is 2.04. The molecule has 1 aromatic rings. The highest BCUT2D eigenvalue weighted by Crippen LogP contribution is 2.29. The Balaban J connectivity index is 2.33. The molecule has 1 amide bonds. The standard InChI is InChI=1S/C12H11NO4/c14-10(12(16)17)8-6-13-11(15)9(8)7-4-2-1-3-5-7/h1-5,8-9H,6H2,(H,13,15)(H,16,17)/t8-,9+/m0/s1. The maximum atomic E-state index is 11.7. The molecule has 5 nitrogen and oxygen atoms in total. The minimum Gasteiger partial charge on any atom is -0.475 e. The van der Waals surface area contributed by atoms with Gasteiger partial charge in [0.15, 0.2) is 0 Å². The monoisotopic (exact) mass is 233 g/mol. The number of amides is 1. The molecule has 17 heavy (non-hydrogen) atoms. The van der Waals surface area contributed by atoms with Crippen molar-refractivity contribution in [2.75, 3.05) is 6.54 Å². The van der Waals surface area contributed by atoms with Gasteiger partial charge in [0.2, 0.25) is 11.7 Å². The van der Waals surface area contributed by atoms with Crippen LogP contribution in [0.2, 0.25) is 0 Å². The quantitative estimate of drug-likeness (QED) is 0.729. The molecule has 1 saturated heterocycles. The van der Waals surface area contributed by atoms with Crippen molar-refractivity contribution in [2.24, 2.45) is 5.92 Å². The first-order valence-corrected chi connectivity index (χ1v) is 5.21. The van der Waals surface area contributed by atoms with Crippen LogP contribution in [0, 0.1) is 5.92 Å². The van der Waals surface area contributed by atoms with Gasteiger partial charge in [-0.15, -0.1) is 0 Å². The predicted molar refractivity (Wildman–Crippen MR) is 58.3 cm³/mol. The number of rotatable bonds is 3. The second-order valence-electron chi connectivity index (χ2n) is 3.91. The van der Waals surface area contributed by atoms with E-state index < -0.39 is 23.6 Å². The lowest BCUT2D eigenvalue weighted by Crippen LogP contribution is -2.28. The molecule has 0 saturated carbocycles. The van der Waals surface area contributed by atoms with Crippen LogP contribution in [0.1, 0.15) is 11.5 Å². The minimum absolute atomic E-state index is 0.0868. The number of aliphatic carboxylic acids is 1. The summed E-state index contributed by atoms with van der Waals surface area (Å²) in [6.45, 7) is 0.0868. The van der Waals surface area contributed by atoms with E-state index in [0.29, 0.717) is 5.56 Å². The molecule has 2 rings (SSSR count). The van der Waals surface area contributed by atoms with E-state index in [1.807, 2.05) is 0 Å². The smallest absolute Gasteiger partial charge is 0.372 e. The van der Waals surface area contributed by atoms with E-state index in [9.17, 15) is 14.4 Å². The summed E-state index contributed by atoms with van der Waals surface area (Å²) < 4.78 is 0. The molecule has 1 aliphatic heterocycles. The molecule has 1 fully saturated rings. The van der Waals surface area contributed by atoms with Crippen LogP contribution in [0.25, 0.3) is 0 Å². The normalized spacial score (nSPS) is 23.2. The summed E-state index contributed by atoms with van der Waals surface area (Å²) in [5.74, 6) is -4.22. The summed E-state index contributed by atoms with van der Waals surface area (Å²) in [7, 11) is 0. The van der Waals surface area contributed by atoms with Crippen LogP contribution < -0.4 is 5.32 Å². The van der Waals surface area contributed by atoms with Crippen molar-refractivity contribution in [1.29, 1.82) is 0 Å². The highest BCUT2D eigenvalue weighted by Gasteiger charge is 2.42. The number of ketones is 1. The molecule has 1 aliphatic rings. The van der Waals surface area contributed by atoms with Gasteiger partial charge in [-0.25, -0.2) is 4.79 Å². The molecule has 1 aromatic carbocycles. The molecule has 0 aromatic heterocycles. The van der Waals surface area contributed by atoms with Crippen molar-refractivity contribution in [3.05, 3.63) is 35.9 Å². The Kier molecular flexibility index (Phi) is 2.91. The van der Waals surface area contributed by atoms with Crippen LogP contribution in [0.4, 0.5) is 0 Å². The zero-order valence-corrected chi connectivity index (χ0v) is 8.92. The van der Waals surface area contributed by atoms with E-state index in [4.69, 9.17) is 5.11 Å². The zero-order valence-electron chi connectivity index (χ0n) is 8.92. The molecule has 0 bridgehead atoms. The number of carbonyl (C=O) groups is 3. The summed E-state index contributed by atoms with van der Waals surface area (Å²) in [5, 5.41) is 11.2. The molecular weight excluding hydrogens is 222 g/mol. The molecule has 2 atom stereocenters. The summed E-state index contributed by atoms with van der Waals surface area (Å²) >= 11 is 0. The maximum absolute atomic E-state index is 11.7. The average molecular weight is 233 g/mol. The van der Waals surface area contributed by atoms with Gasteiger partial charge in [-0.3, -0.25) is 9.59 Å². The highest BCUT2D eigenvalue weighted by molar-refractivity contribution is 6.34. The van der Waals surface area contributed by atoms with Crippen LogP contribution in [0.3, 0.4) is 0 Å². The molecular formula is C12H11NO4. The van der Waals surface area contributed by atoms with Gasteiger partial charge in [0.1, 0.15) is 0 Å². The van der Waals surface area contributed by atoms with Gasteiger partial charge >= 0.3 is 5.97 Å². The Morgan fingerprint density at radius 2 is 1.88 bits per heavy atom. The van der Waals surface area contributed by atoms with Crippen molar-refractivity contribution in [1.82, 2.24) is 5.32 Å². The fourth-order valence-corrected chi connectivity index (χ4v) is 2.07. The molecule has 0 unspecified atom stereocenters. The van der Waals surface area contributed by atoms with Crippen molar-refractivity contribution in [2.45, 2.75) is 5.92 Å². The van der Waals surface area contributed by atoms with Crippen molar-refractivity contribution < 1.29 is 19.5 Å². The largest absolute Gasteiger partial charge is 0.475 e. The summed E-state index contributed by atoms with van der Waals surface area (Å²) in [5.41, 5.74) is 0.669. The second kappa shape index (κ2) is 4.37. The van der Waals surface area contributed by atoms with Gasteiger partial charge in [-0.1, -0.05) is 30.3 Å². The summed E-state index contributed by atoms with van der Waals surface area (Å²) in [6.07, 6.45) is 0.